The molecule has 0 amide bonds. The monoisotopic (exact) mass is 286 g/mol. The summed E-state index contributed by atoms with van der Waals surface area (Å²) < 4.78 is 17.6. The fourth-order valence-corrected chi connectivity index (χ4v) is 2.16. The molecule has 1 saturated carbocycles. The van der Waals surface area contributed by atoms with Crippen molar-refractivity contribution in [1.82, 2.24) is 0 Å². The van der Waals surface area contributed by atoms with E-state index in [2.05, 4.69) is 4.74 Å². The lowest BCUT2D eigenvalue weighted by molar-refractivity contribution is -0.128. The van der Waals surface area contributed by atoms with Crippen LogP contribution in [-0.4, -0.2) is 18.9 Å². The van der Waals surface area contributed by atoms with Crippen LogP contribution >= 0.6 is 11.6 Å². The van der Waals surface area contributed by atoms with Gasteiger partial charge in [0.25, 0.3) is 6.47 Å². The second-order valence-corrected chi connectivity index (χ2v) is 4.56. The third-order valence-corrected chi connectivity index (χ3v) is 3.11. The first kappa shape index (κ1) is 15.6. The van der Waals surface area contributed by atoms with E-state index in [9.17, 15) is 14.0 Å². The zero-order valence-corrected chi connectivity index (χ0v) is 11.5. The summed E-state index contributed by atoms with van der Waals surface area (Å²) in [7, 11) is 0. The van der Waals surface area contributed by atoms with Crippen molar-refractivity contribution in [2.24, 2.45) is 0 Å². The van der Waals surface area contributed by atoms with Crippen LogP contribution in [0.5, 0.6) is 0 Å². The number of ether oxygens (including phenoxy) is 1. The van der Waals surface area contributed by atoms with E-state index >= 15 is 0 Å². The van der Waals surface area contributed by atoms with Gasteiger partial charge in [-0.2, -0.15) is 0 Å². The molecule has 0 spiro atoms. The Labute approximate surface area is 116 Å². The van der Waals surface area contributed by atoms with Crippen molar-refractivity contribution < 1.29 is 18.7 Å². The molecule has 0 heterocycles. The van der Waals surface area contributed by atoms with Gasteiger partial charge in [0.2, 0.25) is 0 Å². The van der Waals surface area contributed by atoms with Gasteiger partial charge in [0.15, 0.2) is 0 Å². The molecule has 0 bridgehead atoms. The standard InChI is InChI=1S/C11H10ClFO.C3H6O2/c12-7-4-5-8(10(13)6-7)9-2-1-3-11(9)14;1-2-5-3-4/h4-6,9H,1-3H2;3H,2H2,1H3. The van der Waals surface area contributed by atoms with E-state index in [1.807, 2.05) is 0 Å². The number of halogens is 2. The third kappa shape index (κ3) is 4.63. The Bertz CT molecular complexity index is 448. The van der Waals surface area contributed by atoms with Crippen LogP contribution in [0.15, 0.2) is 18.2 Å². The predicted molar refractivity (Wildman–Crippen MR) is 70.7 cm³/mol. The molecule has 0 radical (unpaired) electrons. The van der Waals surface area contributed by atoms with Gasteiger partial charge >= 0.3 is 0 Å². The number of hydrogen-bond acceptors (Lipinski definition) is 3. The molecule has 1 aromatic carbocycles. The van der Waals surface area contributed by atoms with Crippen LogP contribution in [0, 0.1) is 5.82 Å². The normalized spacial score (nSPS) is 17.6. The Balaban J connectivity index is 0.000000312. The minimum absolute atomic E-state index is 0.145. The smallest absolute Gasteiger partial charge is 0.293 e. The van der Waals surface area contributed by atoms with E-state index in [0.29, 0.717) is 30.1 Å². The molecule has 1 fully saturated rings. The highest BCUT2D eigenvalue weighted by Gasteiger charge is 2.27. The van der Waals surface area contributed by atoms with Crippen LogP contribution in [0.1, 0.15) is 37.7 Å². The molecule has 3 nitrogen and oxygen atoms in total. The van der Waals surface area contributed by atoms with Gasteiger partial charge in [-0.25, -0.2) is 4.39 Å². The number of benzene rings is 1. The van der Waals surface area contributed by atoms with Crippen LogP contribution in [0.2, 0.25) is 5.02 Å². The van der Waals surface area contributed by atoms with Crippen molar-refractivity contribution >= 4 is 23.9 Å². The first-order chi connectivity index (χ1) is 9.10. The fraction of sp³-hybridized carbons (Fsp3) is 0.429. The molecule has 0 saturated heterocycles. The summed E-state index contributed by atoms with van der Waals surface area (Å²) in [6, 6.07) is 4.51. The van der Waals surface area contributed by atoms with Gasteiger partial charge < -0.3 is 4.74 Å². The van der Waals surface area contributed by atoms with E-state index in [4.69, 9.17) is 11.6 Å². The lowest BCUT2D eigenvalue weighted by Gasteiger charge is -2.09. The molecule has 1 atom stereocenters. The Morgan fingerprint density at radius 2 is 2.26 bits per heavy atom. The summed E-state index contributed by atoms with van der Waals surface area (Å²) in [5, 5.41) is 0.372. The number of rotatable bonds is 3. The molecular formula is C14H16ClFO3. The highest BCUT2D eigenvalue weighted by Crippen LogP contribution is 2.33. The zero-order valence-electron chi connectivity index (χ0n) is 10.7. The van der Waals surface area contributed by atoms with Crippen molar-refractivity contribution in [2.75, 3.05) is 6.61 Å². The molecule has 19 heavy (non-hydrogen) atoms. The lowest BCUT2D eigenvalue weighted by atomic mass is 9.96. The highest BCUT2D eigenvalue weighted by atomic mass is 35.5. The maximum atomic E-state index is 13.4. The van der Waals surface area contributed by atoms with Crippen molar-refractivity contribution in [3.05, 3.63) is 34.6 Å². The fourth-order valence-electron chi connectivity index (χ4n) is 2.00. The Morgan fingerprint density at radius 3 is 2.68 bits per heavy atom. The number of ketones is 1. The number of carbonyl (C=O) groups is 2. The van der Waals surface area contributed by atoms with Crippen LogP contribution < -0.4 is 0 Å². The largest absolute Gasteiger partial charge is 0.468 e. The summed E-state index contributed by atoms with van der Waals surface area (Å²) in [5.41, 5.74) is 0.497. The van der Waals surface area contributed by atoms with Gasteiger partial charge in [-0.3, -0.25) is 9.59 Å². The second-order valence-electron chi connectivity index (χ2n) is 4.13. The summed E-state index contributed by atoms with van der Waals surface area (Å²) in [6.45, 7) is 2.66. The van der Waals surface area contributed by atoms with Crippen LogP contribution in [-0.2, 0) is 14.3 Å². The van der Waals surface area contributed by atoms with E-state index in [0.717, 1.165) is 12.8 Å². The molecule has 1 aromatic rings. The van der Waals surface area contributed by atoms with Crippen LogP contribution in [0.4, 0.5) is 4.39 Å². The Kier molecular flexibility index (Phi) is 6.50. The Morgan fingerprint density at radius 1 is 1.53 bits per heavy atom. The number of hydrogen-bond donors (Lipinski definition) is 0. The van der Waals surface area contributed by atoms with Gasteiger partial charge in [-0.15, -0.1) is 0 Å². The first-order valence-corrected chi connectivity index (χ1v) is 6.50. The molecule has 0 aromatic heterocycles. The van der Waals surface area contributed by atoms with Crippen LogP contribution in [0.3, 0.4) is 0 Å². The highest BCUT2D eigenvalue weighted by molar-refractivity contribution is 6.30. The predicted octanol–water partition coefficient (Wildman–Crippen LogP) is 3.50. The number of Topliss-reactive ketones (excluding diaryl/α,β-unsaturated/α-hetero) is 1. The average Bonchev–Trinajstić information content (AvgIpc) is 2.77. The molecule has 0 aliphatic heterocycles. The molecule has 1 unspecified atom stereocenters. The van der Waals surface area contributed by atoms with E-state index in [-0.39, 0.29) is 17.5 Å². The molecule has 1 aliphatic rings. The van der Waals surface area contributed by atoms with E-state index < -0.39 is 0 Å². The molecule has 0 N–H and O–H groups in total. The topological polar surface area (TPSA) is 43.4 Å². The molecule has 5 heteroatoms. The second kappa shape index (κ2) is 7.89. The van der Waals surface area contributed by atoms with Crippen molar-refractivity contribution in [3.63, 3.8) is 0 Å². The maximum absolute atomic E-state index is 13.4. The van der Waals surface area contributed by atoms with Gasteiger partial charge in [0.1, 0.15) is 11.6 Å². The van der Waals surface area contributed by atoms with E-state index in [1.54, 1.807) is 19.1 Å². The zero-order chi connectivity index (χ0) is 14.3. The third-order valence-electron chi connectivity index (χ3n) is 2.88. The Hall–Kier alpha value is -1.42. The van der Waals surface area contributed by atoms with Gasteiger partial charge in [0, 0.05) is 17.4 Å². The van der Waals surface area contributed by atoms with Crippen molar-refractivity contribution in [1.29, 1.82) is 0 Å². The molecule has 104 valence electrons. The van der Waals surface area contributed by atoms with Gasteiger partial charge in [-0.1, -0.05) is 17.7 Å². The van der Waals surface area contributed by atoms with Gasteiger partial charge in [0.05, 0.1) is 6.61 Å². The quantitative estimate of drug-likeness (QED) is 0.799. The number of carbonyl (C=O) groups excluding carboxylic acids is 2. The summed E-state index contributed by atoms with van der Waals surface area (Å²) in [6.07, 6.45) is 2.20. The van der Waals surface area contributed by atoms with E-state index in [1.165, 1.54) is 6.07 Å². The minimum atomic E-state index is -0.363. The van der Waals surface area contributed by atoms with Crippen LogP contribution in [0.25, 0.3) is 0 Å². The maximum Gasteiger partial charge on any atom is 0.293 e. The van der Waals surface area contributed by atoms with Gasteiger partial charge in [-0.05, 0) is 37.5 Å². The summed E-state index contributed by atoms with van der Waals surface area (Å²) >= 11 is 5.64. The first-order valence-electron chi connectivity index (χ1n) is 6.13. The average molecular weight is 287 g/mol. The lowest BCUT2D eigenvalue weighted by Crippen LogP contribution is -2.06. The molecule has 1 aliphatic carbocycles. The van der Waals surface area contributed by atoms with Crippen molar-refractivity contribution in [2.45, 2.75) is 32.1 Å². The molecule has 2 rings (SSSR count). The summed E-state index contributed by atoms with van der Waals surface area (Å²) in [5.74, 6) is -0.462. The summed E-state index contributed by atoms with van der Waals surface area (Å²) in [4.78, 5) is 20.6. The minimum Gasteiger partial charge on any atom is -0.468 e. The molecular weight excluding hydrogens is 271 g/mol. The van der Waals surface area contributed by atoms with Crippen molar-refractivity contribution in [3.8, 4) is 0 Å². The SMILES string of the molecule is CCOC=O.O=C1CCCC1c1ccc(Cl)cc1F.